The second-order valence-corrected chi connectivity index (χ2v) is 2.70. The maximum Gasteiger partial charge on any atom is 0.232 e. The molecule has 0 atom stereocenters. The molecule has 4 nitrogen and oxygen atoms in total. The Labute approximate surface area is 73.5 Å². The van der Waals surface area contributed by atoms with Gasteiger partial charge in [0.05, 0.1) is 5.56 Å². The molecule has 64 valence electrons. The van der Waals surface area contributed by atoms with Crippen LogP contribution < -0.4 is 0 Å². The standard InChI is InChI=1S/C7H6ClNO3/c8-6-2-1-5(4-9(11)12)7(10)3-6/h1-3,10H,4H2. The molecule has 5 heteroatoms. The van der Waals surface area contributed by atoms with E-state index in [9.17, 15) is 10.1 Å². The fourth-order valence-corrected chi connectivity index (χ4v) is 0.976. The molecule has 0 aliphatic carbocycles. The Kier molecular flexibility index (Phi) is 2.50. The molecule has 1 aromatic carbocycles. The highest BCUT2D eigenvalue weighted by atomic mass is 35.5. The molecule has 1 N–H and O–H groups in total. The number of nitro groups is 1. The summed E-state index contributed by atoms with van der Waals surface area (Å²) in [7, 11) is 0. The Morgan fingerprint density at radius 3 is 2.75 bits per heavy atom. The van der Waals surface area contributed by atoms with Gasteiger partial charge in [0.1, 0.15) is 5.75 Å². The lowest BCUT2D eigenvalue weighted by atomic mass is 10.2. The first kappa shape index (κ1) is 8.80. The Morgan fingerprint density at radius 1 is 1.58 bits per heavy atom. The van der Waals surface area contributed by atoms with E-state index in [0.29, 0.717) is 5.02 Å². The van der Waals surface area contributed by atoms with Crippen molar-refractivity contribution >= 4 is 11.6 Å². The van der Waals surface area contributed by atoms with E-state index in [2.05, 4.69) is 0 Å². The number of phenolic OH excluding ortho intramolecular Hbond substituents is 1. The minimum absolute atomic E-state index is 0.140. The van der Waals surface area contributed by atoms with E-state index in [0.717, 1.165) is 0 Å². The average molecular weight is 188 g/mol. The van der Waals surface area contributed by atoms with Crippen LogP contribution in [0, 0.1) is 10.1 Å². The summed E-state index contributed by atoms with van der Waals surface area (Å²) in [5, 5.41) is 19.6. The van der Waals surface area contributed by atoms with Gasteiger partial charge in [-0.1, -0.05) is 11.6 Å². The monoisotopic (exact) mass is 187 g/mol. The second kappa shape index (κ2) is 3.40. The maximum atomic E-state index is 10.1. The number of nitrogens with zero attached hydrogens (tertiary/aromatic N) is 1. The summed E-state index contributed by atoms with van der Waals surface area (Å²) < 4.78 is 0. The Morgan fingerprint density at radius 2 is 2.25 bits per heavy atom. The number of phenols is 1. The van der Waals surface area contributed by atoms with Crippen LogP contribution in [-0.4, -0.2) is 10.0 Å². The van der Waals surface area contributed by atoms with Crippen LogP contribution in [0.3, 0.4) is 0 Å². The Bertz CT molecular complexity index is 314. The summed E-state index contributed by atoms with van der Waals surface area (Å²) in [6, 6.07) is 4.21. The van der Waals surface area contributed by atoms with E-state index < -0.39 is 4.92 Å². The van der Waals surface area contributed by atoms with Crippen molar-refractivity contribution in [1.29, 1.82) is 0 Å². The third kappa shape index (κ3) is 2.10. The highest BCUT2D eigenvalue weighted by Crippen LogP contribution is 2.21. The molecule has 0 saturated carbocycles. The highest BCUT2D eigenvalue weighted by Gasteiger charge is 2.07. The van der Waals surface area contributed by atoms with E-state index >= 15 is 0 Å². The first-order chi connectivity index (χ1) is 5.59. The van der Waals surface area contributed by atoms with E-state index in [1.165, 1.54) is 18.2 Å². The van der Waals surface area contributed by atoms with Gasteiger partial charge >= 0.3 is 0 Å². The molecule has 0 radical (unpaired) electrons. The lowest BCUT2D eigenvalue weighted by molar-refractivity contribution is -0.496. The van der Waals surface area contributed by atoms with Crippen LogP contribution in [0.4, 0.5) is 0 Å². The molecular weight excluding hydrogens is 182 g/mol. The van der Waals surface area contributed by atoms with Crippen LogP contribution in [-0.2, 0) is 6.54 Å². The van der Waals surface area contributed by atoms with Crippen LogP contribution in [0.25, 0.3) is 0 Å². The number of rotatable bonds is 2. The van der Waals surface area contributed by atoms with Crippen molar-refractivity contribution in [1.82, 2.24) is 0 Å². The van der Waals surface area contributed by atoms with Crippen LogP contribution in [0.15, 0.2) is 18.2 Å². The van der Waals surface area contributed by atoms with Gasteiger partial charge in [-0.15, -0.1) is 0 Å². The molecule has 0 aliphatic rings. The van der Waals surface area contributed by atoms with E-state index in [1.54, 1.807) is 0 Å². The first-order valence-electron chi connectivity index (χ1n) is 3.19. The summed E-state index contributed by atoms with van der Waals surface area (Å²) >= 11 is 5.52. The topological polar surface area (TPSA) is 63.4 Å². The molecule has 0 aliphatic heterocycles. The quantitative estimate of drug-likeness (QED) is 0.568. The molecule has 0 aromatic heterocycles. The van der Waals surface area contributed by atoms with Gasteiger partial charge in [-0.2, -0.15) is 0 Å². The van der Waals surface area contributed by atoms with Crippen molar-refractivity contribution in [3.05, 3.63) is 38.9 Å². The van der Waals surface area contributed by atoms with Gasteiger partial charge in [-0.25, -0.2) is 0 Å². The smallest absolute Gasteiger partial charge is 0.232 e. The summed E-state index contributed by atoms with van der Waals surface area (Å²) in [5.41, 5.74) is 0.268. The molecular formula is C7H6ClNO3. The number of benzene rings is 1. The van der Waals surface area contributed by atoms with Crippen molar-refractivity contribution in [3.8, 4) is 5.75 Å². The van der Waals surface area contributed by atoms with E-state index in [1.807, 2.05) is 0 Å². The van der Waals surface area contributed by atoms with Gasteiger partial charge in [0.2, 0.25) is 6.54 Å². The Hall–Kier alpha value is -1.29. The molecule has 0 saturated heterocycles. The summed E-state index contributed by atoms with van der Waals surface area (Å²) in [6.07, 6.45) is 0. The zero-order valence-corrected chi connectivity index (χ0v) is 6.78. The Balaban J connectivity index is 2.93. The fraction of sp³-hybridized carbons (Fsp3) is 0.143. The van der Waals surface area contributed by atoms with Gasteiger partial charge < -0.3 is 5.11 Å². The predicted molar refractivity (Wildman–Crippen MR) is 43.8 cm³/mol. The molecule has 0 bridgehead atoms. The van der Waals surface area contributed by atoms with Crippen LogP contribution in [0.2, 0.25) is 5.02 Å². The van der Waals surface area contributed by atoms with Crippen molar-refractivity contribution in [2.45, 2.75) is 6.54 Å². The van der Waals surface area contributed by atoms with E-state index in [-0.39, 0.29) is 17.9 Å². The normalized spacial score (nSPS) is 9.75. The van der Waals surface area contributed by atoms with Crippen LogP contribution in [0.1, 0.15) is 5.56 Å². The van der Waals surface area contributed by atoms with Crippen molar-refractivity contribution < 1.29 is 10.0 Å². The number of hydrogen-bond acceptors (Lipinski definition) is 3. The van der Waals surface area contributed by atoms with Gasteiger partial charge in [0, 0.05) is 9.95 Å². The minimum Gasteiger partial charge on any atom is -0.507 e. The van der Waals surface area contributed by atoms with Crippen molar-refractivity contribution in [2.75, 3.05) is 0 Å². The number of aromatic hydroxyl groups is 1. The van der Waals surface area contributed by atoms with Crippen molar-refractivity contribution in [2.24, 2.45) is 0 Å². The molecule has 1 aromatic rings. The lowest BCUT2D eigenvalue weighted by Gasteiger charge is -1.98. The molecule has 0 amide bonds. The zero-order valence-electron chi connectivity index (χ0n) is 6.03. The fourth-order valence-electron chi connectivity index (χ4n) is 0.810. The van der Waals surface area contributed by atoms with Crippen molar-refractivity contribution in [3.63, 3.8) is 0 Å². The first-order valence-corrected chi connectivity index (χ1v) is 3.56. The van der Waals surface area contributed by atoms with Crippen LogP contribution in [0.5, 0.6) is 5.75 Å². The number of hydrogen-bond donors (Lipinski definition) is 1. The lowest BCUT2D eigenvalue weighted by Crippen LogP contribution is -1.97. The third-order valence-corrected chi connectivity index (χ3v) is 1.58. The van der Waals surface area contributed by atoms with Gasteiger partial charge in [0.25, 0.3) is 0 Å². The van der Waals surface area contributed by atoms with Gasteiger partial charge in [-0.3, -0.25) is 10.1 Å². The number of halogens is 1. The second-order valence-electron chi connectivity index (χ2n) is 2.26. The summed E-state index contributed by atoms with van der Waals surface area (Å²) in [6.45, 7) is -0.386. The average Bonchev–Trinajstić information content (AvgIpc) is 1.94. The van der Waals surface area contributed by atoms with Crippen LogP contribution >= 0.6 is 11.6 Å². The SMILES string of the molecule is O=[N+]([O-])Cc1ccc(Cl)cc1O. The largest absolute Gasteiger partial charge is 0.507 e. The summed E-state index contributed by atoms with van der Waals surface area (Å²) in [5.74, 6) is -0.140. The maximum absolute atomic E-state index is 10.1. The molecule has 0 spiro atoms. The molecule has 0 heterocycles. The molecule has 12 heavy (non-hydrogen) atoms. The van der Waals surface area contributed by atoms with Gasteiger partial charge in [-0.05, 0) is 18.2 Å². The molecule has 0 unspecified atom stereocenters. The molecule has 0 fully saturated rings. The highest BCUT2D eigenvalue weighted by molar-refractivity contribution is 6.30. The summed E-state index contributed by atoms with van der Waals surface area (Å²) in [4.78, 5) is 9.56. The third-order valence-electron chi connectivity index (χ3n) is 1.35. The minimum atomic E-state index is -0.511. The predicted octanol–water partition coefficient (Wildman–Crippen LogP) is 1.82. The molecule has 1 rings (SSSR count). The zero-order chi connectivity index (χ0) is 9.14. The van der Waals surface area contributed by atoms with E-state index in [4.69, 9.17) is 16.7 Å². The van der Waals surface area contributed by atoms with Gasteiger partial charge in [0.15, 0.2) is 0 Å².